The molecule has 1 aromatic carbocycles. The first-order valence-corrected chi connectivity index (χ1v) is 10.8. The number of allylic oxidation sites excluding steroid dienone is 2. The maximum atomic E-state index is 12.3. The zero-order valence-electron chi connectivity index (χ0n) is 15.2. The standard InChI is InChI=1S/C21H30N2OS/c1-25-20-10-6-5-9-19(20)16-23-13-11-17(12-14-23)15-22-21(24)18-7-3-2-4-8-18/h2-3,5-6,9-10,17-18H,4,7-8,11-16H2,1H3,(H,22,24)/t18-/m1/s1. The third-order valence-corrected chi connectivity index (χ3v) is 6.34. The third-order valence-electron chi connectivity index (χ3n) is 5.50. The minimum absolute atomic E-state index is 0.202. The molecule has 1 aliphatic heterocycles. The van der Waals surface area contributed by atoms with Crippen LogP contribution in [0.5, 0.6) is 0 Å². The first-order valence-electron chi connectivity index (χ1n) is 9.53. The zero-order chi connectivity index (χ0) is 17.5. The summed E-state index contributed by atoms with van der Waals surface area (Å²) in [6, 6.07) is 8.71. The van der Waals surface area contributed by atoms with Crippen LogP contribution in [0.25, 0.3) is 0 Å². The Bertz CT molecular complexity index is 593. The quantitative estimate of drug-likeness (QED) is 0.614. The van der Waals surface area contributed by atoms with Gasteiger partial charge in [0.1, 0.15) is 0 Å². The van der Waals surface area contributed by atoms with Crippen LogP contribution in [0.15, 0.2) is 41.3 Å². The van der Waals surface area contributed by atoms with Gasteiger partial charge in [0, 0.05) is 23.9 Å². The van der Waals surface area contributed by atoms with E-state index in [1.807, 2.05) is 11.8 Å². The molecule has 0 bridgehead atoms. The molecule has 4 heteroatoms. The molecule has 2 aliphatic rings. The maximum Gasteiger partial charge on any atom is 0.223 e. The molecule has 1 aliphatic carbocycles. The molecule has 1 amide bonds. The van der Waals surface area contributed by atoms with Crippen molar-refractivity contribution in [2.75, 3.05) is 25.9 Å². The topological polar surface area (TPSA) is 32.3 Å². The van der Waals surface area contributed by atoms with Crippen molar-refractivity contribution in [2.24, 2.45) is 11.8 Å². The molecule has 3 nitrogen and oxygen atoms in total. The molecule has 0 unspecified atom stereocenters. The Morgan fingerprint density at radius 1 is 1.20 bits per heavy atom. The van der Waals surface area contributed by atoms with Crippen molar-refractivity contribution in [3.05, 3.63) is 42.0 Å². The SMILES string of the molecule is CSc1ccccc1CN1CCC(CNC(=O)[C@@H]2CC=CCC2)CC1. The van der Waals surface area contributed by atoms with Gasteiger partial charge in [-0.2, -0.15) is 0 Å². The minimum atomic E-state index is 0.202. The summed E-state index contributed by atoms with van der Waals surface area (Å²) in [6.07, 6.45) is 11.8. The van der Waals surface area contributed by atoms with Crippen LogP contribution < -0.4 is 5.32 Å². The van der Waals surface area contributed by atoms with Crippen molar-refractivity contribution in [1.82, 2.24) is 10.2 Å². The van der Waals surface area contributed by atoms with Gasteiger partial charge in [0.25, 0.3) is 0 Å². The van der Waals surface area contributed by atoms with Gasteiger partial charge in [0.2, 0.25) is 5.91 Å². The lowest BCUT2D eigenvalue weighted by atomic mass is 9.92. The zero-order valence-corrected chi connectivity index (χ0v) is 16.1. The molecule has 25 heavy (non-hydrogen) atoms. The number of carbonyl (C=O) groups excluding carboxylic acids is 1. The van der Waals surface area contributed by atoms with E-state index in [1.54, 1.807) is 0 Å². The number of benzene rings is 1. The van der Waals surface area contributed by atoms with Gasteiger partial charge < -0.3 is 5.32 Å². The van der Waals surface area contributed by atoms with Gasteiger partial charge in [0.15, 0.2) is 0 Å². The second-order valence-corrected chi connectivity index (χ2v) is 8.11. The lowest BCUT2D eigenvalue weighted by Crippen LogP contribution is -2.40. The molecule has 0 aromatic heterocycles. The van der Waals surface area contributed by atoms with Crippen molar-refractivity contribution in [1.29, 1.82) is 0 Å². The van der Waals surface area contributed by atoms with E-state index in [-0.39, 0.29) is 11.8 Å². The summed E-state index contributed by atoms with van der Waals surface area (Å²) in [7, 11) is 0. The fraction of sp³-hybridized carbons (Fsp3) is 0.571. The number of thioether (sulfide) groups is 1. The first-order chi connectivity index (χ1) is 12.3. The summed E-state index contributed by atoms with van der Waals surface area (Å²) >= 11 is 1.83. The molecule has 136 valence electrons. The van der Waals surface area contributed by atoms with Crippen LogP contribution in [0.1, 0.15) is 37.7 Å². The number of hydrogen-bond acceptors (Lipinski definition) is 3. The Hall–Kier alpha value is -1.26. The number of nitrogens with zero attached hydrogens (tertiary/aromatic N) is 1. The Morgan fingerprint density at radius 3 is 2.72 bits per heavy atom. The van der Waals surface area contributed by atoms with E-state index in [4.69, 9.17) is 0 Å². The van der Waals surface area contributed by atoms with Gasteiger partial charge in [0.05, 0.1) is 0 Å². The Labute approximate surface area is 156 Å². The summed E-state index contributed by atoms with van der Waals surface area (Å²) in [5.74, 6) is 1.10. The monoisotopic (exact) mass is 358 g/mol. The van der Waals surface area contributed by atoms with Gasteiger partial charge >= 0.3 is 0 Å². The molecule has 1 heterocycles. The predicted octanol–water partition coefficient (Wildman–Crippen LogP) is 4.09. The number of rotatable bonds is 6. The number of piperidine rings is 1. The van der Waals surface area contributed by atoms with Crippen molar-refractivity contribution in [2.45, 2.75) is 43.5 Å². The molecule has 1 saturated heterocycles. The van der Waals surface area contributed by atoms with Crippen LogP contribution in [0.2, 0.25) is 0 Å². The van der Waals surface area contributed by atoms with Crippen molar-refractivity contribution in [3.63, 3.8) is 0 Å². The third kappa shape index (κ3) is 5.35. The molecular formula is C21H30N2OS. The van der Waals surface area contributed by atoms with Gasteiger partial charge in [-0.15, -0.1) is 11.8 Å². The molecule has 0 saturated carbocycles. The molecule has 1 aromatic rings. The van der Waals surface area contributed by atoms with Gasteiger partial charge in [-0.1, -0.05) is 30.4 Å². The van der Waals surface area contributed by atoms with Gasteiger partial charge in [-0.3, -0.25) is 9.69 Å². The normalized spacial score (nSPS) is 22.0. The van der Waals surface area contributed by atoms with Crippen LogP contribution in [0.4, 0.5) is 0 Å². The van der Waals surface area contributed by atoms with Crippen LogP contribution >= 0.6 is 11.8 Å². The average Bonchev–Trinajstić information content (AvgIpc) is 2.68. The minimum Gasteiger partial charge on any atom is -0.356 e. The smallest absolute Gasteiger partial charge is 0.223 e. The number of carbonyl (C=O) groups is 1. The van der Waals surface area contributed by atoms with Crippen LogP contribution in [0.3, 0.4) is 0 Å². The molecular weight excluding hydrogens is 328 g/mol. The molecule has 3 rings (SSSR count). The summed E-state index contributed by atoms with van der Waals surface area (Å²) in [5, 5.41) is 3.21. The van der Waals surface area contributed by atoms with E-state index in [0.29, 0.717) is 5.92 Å². The van der Waals surface area contributed by atoms with Crippen LogP contribution in [-0.4, -0.2) is 36.7 Å². The lowest BCUT2D eigenvalue weighted by molar-refractivity contribution is -0.125. The van der Waals surface area contributed by atoms with Crippen LogP contribution in [0, 0.1) is 11.8 Å². The second kappa shape index (κ2) is 9.44. The van der Waals surface area contributed by atoms with Gasteiger partial charge in [-0.05, 0) is 69.0 Å². The fourth-order valence-corrected chi connectivity index (χ4v) is 4.45. The second-order valence-electron chi connectivity index (χ2n) is 7.26. The summed E-state index contributed by atoms with van der Waals surface area (Å²) in [5.41, 5.74) is 1.44. The maximum absolute atomic E-state index is 12.3. The Morgan fingerprint density at radius 2 is 2.00 bits per heavy atom. The first kappa shape index (κ1) is 18.5. The molecule has 0 radical (unpaired) electrons. The fourth-order valence-electron chi connectivity index (χ4n) is 3.84. The van der Waals surface area contributed by atoms with Gasteiger partial charge in [-0.25, -0.2) is 0 Å². The number of amides is 1. The summed E-state index contributed by atoms with van der Waals surface area (Å²) in [6.45, 7) is 4.17. The predicted molar refractivity (Wildman–Crippen MR) is 106 cm³/mol. The van der Waals surface area contributed by atoms with E-state index in [0.717, 1.165) is 45.4 Å². The highest BCUT2D eigenvalue weighted by Crippen LogP contribution is 2.24. The van der Waals surface area contributed by atoms with Crippen molar-refractivity contribution < 1.29 is 4.79 Å². The van der Waals surface area contributed by atoms with E-state index >= 15 is 0 Å². The van der Waals surface area contributed by atoms with E-state index < -0.39 is 0 Å². The van der Waals surface area contributed by atoms with Crippen molar-refractivity contribution >= 4 is 17.7 Å². The highest BCUT2D eigenvalue weighted by Gasteiger charge is 2.23. The number of nitrogens with one attached hydrogen (secondary N) is 1. The largest absolute Gasteiger partial charge is 0.356 e. The van der Waals surface area contributed by atoms with E-state index in [2.05, 4.69) is 52.9 Å². The highest BCUT2D eigenvalue weighted by atomic mass is 32.2. The van der Waals surface area contributed by atoms with E-state index in [1.165, 1.54) is 23.3 Å². The van der Waals surface area contributed by atoms with Crippen molar-refractivity contribution in [3.8, 4) is 0 Å². The Balaban J connectivity index is 1.40. The summed E-state index contributed by atoms with van der Waals surface area (Å²) in [4.78, 5) is 16.2. The number of likely N-dealkylation sites (tertiary alicyclic amines) is 1. The molecule has 0 spiro atoms. The lowest BCUT2D eigenvalue weighted by Gasteiger charge is -2.32. The molecule has 1 N–H and O–H groups in total. The molecule has 1 fully saturated rings. The highest BCUT2D eigenvalue weighted by molar-refractivity contribution is 7.98. The average molecular weight is 359 g/mol. The Kier molecular flexibility index (Phi) is 7.00. The van der Waals surface area contributed by atoms with Crippen LogP contribution in [-0.2, 0) is 11.3 Å². The summed E-state index contributed by atoms with van der Waals surface area (Å²) < 4.78 is 0. The molecule has 1 atom stereocenters. The van der Waals surface area contributed by atoms with E-state index in [9.17, 15) is 4.79 Å². The number of hydrogen-bond donors (Lipinski definition) is 1.